The molecule has 0 aliphatic rings. The molecule has 1 aromatic carbocycles. The van der Waals surface area contributed by atoms with E-state index in [1.165, 1.54) is 12.3 Å². The standard InChI is InChI=1S/C14H12N4O3/c15-6-12-5-13(18(20)21)14(17-8-12)16-7-10-1-3-11(9-19)4-2-10/h1-5,8,19H,7,9H2,(H,16,17). The number of rotatable bonds is 5. The third-order valence-electron chi connectivity index (χ3n) is 2.86. The molecule has 0 saturated carbocycles. The van der Waals surface area contributed by atoms with Crippen LogP contribution < -0.4 is 5.32 Å². The van der Waals surface area contributed by atoms with Gasteiger partial charge in [0.25, 0.3) is 0 Å². The molecule has 7 nitrogen and oxygen atoms in total. The molecule has 2 N–H and O–H groups in total. The van der Waals surface area contributed by atoms with E-state index in [4.69, 9.17) is 10.4 Å². The summed E-state index contributed by atoms with van der Waals surface area (Å²) in [6.45, 7) is 0.321. The highest BCUT2D eigenvalue weighted by atomic mass is 16.6. The molecule has 0 atom stereocenters. The van der Waals surface area contributed by atoms with E-state index in [1.54, 1.807) is 12.1 Å². The van der Waals surface area contributed by atoms with Crippen LogP contribution in [-0.2, 0) is 13.2 Å². The Morgan fingerprint density at radius 1 is 1.33 bits per heavy atom. The van der Waals surface area contributed by atoms with Gasteiger partial charge < -0.3 is 10.4 Å². The number of nitro groups is 1. The van der Waals surface area contributed by atoms with E-state index in [9.17, 15) is 10.1 Å². The molecule has 1 aromatic heterocycles. The predicted octanol–water partition coefficient (Wildman–Crippen LogP) is 1.97. The van der Waals surface area contributed by atoms with Crippen molar-refractivity contribution in [2.45, 2.75) is 13.2 Å². The Bertz CT molecular complexity index is 692. The first kappa shape index (κ1) is 14.4. The molecule has 0 saturated heterocycles. The topological polar surface area (TPSA) is 112 Å². The minimum atomic E-state index is -0.578. The monoisotopic (exact) mass is 284 g/mol. The third-order valence-corrected chi connectivity index (χ3v) is 2.86. The van der Waals surface area contributed by atoms with Crippen molar-refractivity contribution in [2.24, 2.45) is 0 Å². The zero-order chi connectivity index (χ0) is 15.2. The molecule has 0 unspecified atom stereocenters. The summed E-state index contributed by atoms with van der Waals surface area (Å²) >= 11 is 0. The van der Waals surface area contributed by atoms with E-state index in [0.717, 1.165) is 11.1 Å². The molecule has 106 valence electrons. The lowest BCUT2D eigenvalue weighted by atomic mass is 10.1. The van der Waals surface area contributed by atoms with E-state index in [2.05, 4.69) is 10.3 Å². The lowest BCUT2D eigenvalue weighted by molar-refractivity contribution is -0.384. The van der Waals surface area contributed by atoms with E-state index in [0.29, 0.717) is 6.54 Å². The van der Waals surface area contributed by atoms with Crippen molar-refractivity contribution in [3.8, 4) is 6.07 Å². The molecular formula is C14H12N4O3. The number of hydrogen-bond donors (Lipinski definition) is 2. The first-order chi connectivity index (χ1) is 10.1. The summed E-state index contributed by atoms with van der Waals surface area (Å²) in [5.74, 6) is 0.116. The summed E-state index contributed by atoms with van der Waals surface area (Å²) in [5, 5.41) is 31.5. The van der Waals surface area contributed by atoms with Crippen molar-refractivity contribution in [2.75, 3.05) is 5.32 Å². The first-order valence-electron chi connectivity index (χ1n) is 6.11. The van der Waals surface area contributed by atoms with Crippen molar-refractivity contribution in [1.29, 1.82) is 5.26 Å². The largest absolute Gasteiger partial charge is 0.392 e. The number of nitrogens with zero attached hydrogens (tertiary/aromatic N) is 3. The van der Waals surface area contributed by atoms with Crippen LogP contribution in [0.2, 0.25) is 0 Å². The van der Waals surface area contributed by atoms with Gasteiger partial charge in [0.2, 0.25) is 5.82 Å². The molecule has 21 heavy (non-hydrogen) atoms. The number of aromatic nitrogens is 1. The number of benzene rings is 1. The zero-order valence-electron chi connectivity index (χ0n) is 11.0. The van der Waals surface area contributed by atoms with Gasteiger partial charge in [-0.1, -0.05) is 24.3 Å². The van der Waals surface area contributed by atoms with Gasteiger partial charge in [-0.15, -0.1) is 0 Å². The molecule has 1 heterocycles. The van der Waals surface area contributed by atoms with E-state index >= 15 is 0 Å². The molecular weight excluding hydrogens is 272 g/mol. The van der Waals surface area contributed by atoms with Crippen LogP contribution in [-0.4, -0.2) is 15.0 Å². The van der Waals surface area contributed by atoms with Gasteiger partial charge in [0, 0.05) is 18.8 Å². The van der Waals surface area contributed by atoms with E-state index in [-0.39, 0.29) is 23.7 Å². The maximum atomic E-state index is 11.0. The van der Waals surface area contributed by atoms with Crippen molar-refractivity contribution < 1.29 is 10.0 Å². The second kappa shape index (κ2) is 6.45. The molecule has 0 aliphatic heterocycles. The first-order valence-corrected chi connectivity index (χ1v) is 6.11. The van der Waals surface area contributed by atoms with Crippen LogP contribution in [0.25, 0.3) is 0 Å². The third kappa shape index (κ3) is 3.52. The molecule has 0 spiro atoms. The fourth-order valence-electron chi connectivity index (χ4n) is 1.74. The summed E-state index contributed by atoms with van der Waals surface area (Å²) in [6.07, 6.45) is 1.28. The number of nitriles is 1. The summed E-state index contributed by atoms with van der Waals surface area (Å²) in [6, 6.07) is 10.2. The highest BCUT2D eigenvalue weighted by Crippen LogP contribution is 2.23. The van der Waals surface area contributed by atoms with Crippen LogP contribution in [0.4, 0.5) is 11.5 Å². The highest BCUT2D eigenvalue weighted by Gasteiger charge is 2.16. The Labute approximate surface area is 120 Å². The Morgan fingerprint density at radius 3 is 2.57 bits per heavy atom. The fourth-order valence-corrected chi connectivity index (χ4v) is 1.74. The summed E-state index contributed by atoms with van der Waals surface area (Å²) in [4.78, 5) is 14.3. The molecule has 7 heteroatoms. The fraction of sp³-hybridized carbons (Fsp3) is 0.143. The van der Waals surface area contributed by atoms with Gasteiger partial charge in [-0.2, -0.15) is 5.26 Å². The maximum Gasteiger partial charge on any atom is 0.312 e. The van der Waals surface area contributed by atoms with Crippen molar-refractivity contribution in [1.82, 2.24) is 4.98 Å². The molecule has 0 aliphatic carbocycles. The lowest BCUT2D eigenvalue weighted by Crippen LogP contribution is -2.05. The Balaban J connectivity index is 2.15. The summed E-state index contributed by atoms with van der Waals surface area (Å²) in [5.41, 5.74) is 1.59. The van der Waals surface area contributed by atoms with Crippen LogP contribution in [0, 0.1) is 21.4 Å². The average molecular weight is 284 g/mol. The van der Waals surface area contributed by atoms with Gasteiger partial charge in [-0.25, -0.2) is 4.98 Å². The predicted molar refractivity (Wildman–Crippen MR) is 75.3 cm³/mol. The average Bonchev–Trinajstić information content (AvgIpc) is 2.53. The highest BCUT2D eigenvalue weighted by molar-refractivity contribution is 5.58. The van der Waals surface area contributed by atoms with Gasteiger partial charge in [0.15, 0.2) is 0 Å². The number of aliphatic hydroxyl groups excluding tert-OH is 1. The number of pyridine rings is 1. The van der Waals surface area contributed by atoms with Crippen LogP contribution in [0.15, 0.2) is 36.5 Å². The molecule has 0 fully saturated rings. The van der Waals surface area contributed by atoms with Crippen LogP contribution in [0.5, 0.6) is 0 Å². The Hall–Kier alpha value is -2.98. The number of nitrogens with one attached hydrogen (secondary N) is 1. The van der Waals surface area contributed by atoms with Gasteiger partial charge in [0.05, 0.1) is 17.1 Å². The van der Waals surface area contributed by atoms with E-state index in [1.807, 2.05) is 18.2 Å². The smallest absolute Gasteiger partial charge is 0.312 e. The van der Waals surface area contributed by atoms with Crippen molar-refractivity contribution >= 4 is 11.5 Å². The Kier molecular flexibility index (Phi) is 4.43. The Morgan fingerprint density at radius 2 is 2.00 bits per heavy atom. The number of aliphatic hydroxyl groups is 1. The van der Waals surface area contributed by atoms with Gasteiger partial charge in [-0.3, -0.25) is 10.1 Å². The normalized spacial score (nSPS) is 9.90. The molecule has 0 amide bonds. The van der Waals surface area contributed by atoms with Gasteiger partial charge in [-0.05, 0) is 11.1 Å². The lowest BCUT2D eigenvalue weighted by Gasteiger charge is -2.07. The number of anilines is 1. The molecule has 0 bridgehead atoms. The minimum Gasteiger partial charge on any atom is -0.392 e. The quantitative estimate of drug-likeness (QED) is 0.641. The molecule has 2 rings (SSSR count). The van der Waals surface area contributed by atoms with Crippen molar-refractivity contribution in [3.05, 3.63) is 63.3 Å². The molecule has 2 aromatic rings. The van der Waals surface area contributed by atoms with Crippen LogP contribution >= 0.6 is 0 Å². The molecule has 0 radical (unpaired) electrons. The maximum absolute atomic E-state index is 11.0. The van der Waals surface area contributed by atoms with Gasteiger partial charge in [0.1, 0.15) is 6.07 Å². The van der Waals surface area contributed by atoms with Crippen LogP contribution in [0.1, 0.15) is 16.7 Å². The van der Waals surface area contributed by atoms with E-state index < -0.39 is 4.92 Å². The SMILES string of the molecule is N#Cc1cnc(NCc2ccc(CO)cc2)c([N+](=O)[O-])c1. The second-order valence-electron chi connectivity index (χ2n) is 4.29. The summed E-state index contributed by atoms with van der Waals surface area (Å²) < 4.78 is 0. The van der Waals surface area contributed by atoms with Gasteiger partial charge >= 0.3 is 5.69 Å². The summed E-state index contributed by atoms with van der Waals surface area (Å²) in [7, 11) is 0. The van der Waals surface area contributed by atoms with Crippen molar-refractivity contribution in [3.63, 3.8) is 0 Å². The second-order valence-corrected chi connectivity index (χ2v) is 4.29. The minimum absolute atomic E-state index is 0.0314. The number of hydrogen-bond acceptors (Lipinski definition) is 6. The zero-order valence-corrected chi connectivity index (χ0v) is 11.0. The van der Waals surface area contributed by atoms with Crippen LogP contribution in [0.3, 0.4) is 0 Å².